The van der Waals surface area contributed by atoms with Crippen molar-refractivity contribution in [3.8, 4) is 0 Å². The molecule has 0 aliphatic carbocycles. The lowest BCUT2D eigenvalue weighted by Gasteiger charge is -2.35. The number of rotatable bonds is 5. The van der Waals surface area contributed by atoms with Crippen molar-refractivity contribution in [3.63, 3.8) is 0 Å². The molecule has 1 aliphatic heterocycles. The van der Waals surface area contributed by atoms with Crippen LogP contribution in [-0.4, -0.2) is 60.2 Å². The van der Waals surface area contributed by atoms with E-state index in [1.807, 2.05) is 30.3 Å². The average molecular weight is 433 g/mol. The van der Waals surface area contributed by atoms with Crippen molar-refractivity contribution in [2.75, 3.05) is 32.7 Å². The van der Waals surface area contributed by atoms with Crippen LogP contribution >= 0.6 is 0 Å². The fourth-order valence-corrected chi connectivity index (χ4v) is 3.38. The van der Waals surface area contributed by atoms with E-state index in [-0.39, 0.29) is 51.0 Å². The lowest BCUT2D eigenvalue weighted by atomic mass is 10.1. The van der Waals surface area contributed by atoms with Crippen LogP contribution in [0.5, 0.6) is 0 Å². The van der Waals surface area contributed by atoms with Crippen molar-refractivity contribution in [3.05, 3.63) is 71.3 Å². The van der Waals surface area contributed by atoms with Gasteiger partial charge in [0.15, 0.2) is 0 Å². The van der Waals surface area contributed by atoms with Crippen LogP contribution in [0.4, 0.5) is 13.2 Å². The molecule has 0 atom stereocenters. The standard InChI is InChI=1S/C22H22F3N3O3/c23-22(24,25)18-9-5-4-8-17(18)21(31)28-12-10-27(11-13-28)20(30)15-26-19(29)14-16-6-2-1-3-7-16/h1-9H,10-15H2,(H,26,29). The van der Waals surface area contributed by atoms with Crippen molar-refractivity contribution in [2.24, 2.45) is 0 Å². The molecule has 0 saturated carbocycles. The van der Waals surface area contributed by atoms with Gasteiger partial charge in [0.05, 0.1) is 24.1 Å². The van der Waals surface area contributed by atoms with E-state index in [1.165, 1.54) is 21.9 Å². The van der Waals surface area contributed by atoms with Crippen LogP contribution in [0.2, 0.25) is 0 Å². The molecule has 1 heterocycles. The fraction of sp³-hybridized carbons (Fsp3) is 0.318. The third-order valence-electron chi connectivity index (χ3n) is 5.03. The summed E-state index contributed by atoms with van der Waals surface area (Å²) in [4.78, 5) is 39.7. The number of halogens is 3. The second-order valence-electron chi connectivity index (χ2n) is 7.16. The second kappa shape index (κ2) is 9.63. The highest BCUT2D eigenvalue weighted by atomic mass is 19.4. The smallest absolute Gasteiger partial charge is 0.347 e. The molecule has 164 valence electrons. The van der Waals surface area contributed by atoms with E-state index in [2.05, 4.69) is 5.32 Å². The largest absolute Gasteiger partial charge is 0.417 e. The Hall–Kier alpha value is -3.36. The first kappa shape index (κ1) is 22.3. The van der Waals surface area contributed by atoms with E-state index < -0.39 is 23.2 Å². The fourth-order valence-electron chi connectivity index (χ4n) is 3.38. The number of nitrogens with zero attached hydrogens (tertiary/aromatic N) is 2. The monoisotopic (exact) mass is 433 g/mol. The maximum absolute atomic E-state index is 13.2. The molecule has 1 fully saturated rings. The molecule has 1 N–H and O–H groups in total. The maximum atomic E-state index is 13.2. The van der Waals surface area contributed by atoms with Gasteiger partial charge in [0.2, 0.25) is 11.8 Å². The molecule has 2 aromatic rings. The average Bonchev–Trinajstić information content (AvgIpc) is 2.77. The Morgan fingerprint density at radius 2 is 1.42 bits per heavy atom. The molecule has 0 spiro atoms. The summed E-state index contributed by atoms with van der Waals surface area (Å²) in [6, 6.07) is 13.8. The number of alkyl halides is 3. The van der Waals surface area contributed by atoms with Gasteiger partial charge in [0.25, 0.3) is 5.91 Å². The molecule has 1 aliphatic rings. The number of carbonyl (C=O) groups is 3. The predicted octanol–water partition coefficient (Wildman–Crippen LogP) is 2.35. The molecular weight excluding hydrogens is 411 g/mol. The molecule has 0 unspecified atom stereocenters. The number of amides is 3. The number of hydrogen-bond acceptors (Lipinski definition) is 3. The van der Waals surface area contributed by atoms with Crippen molar-refractivity contribution in [2.45, 2.75) is 12.6 Å². The number of benzene rings is 2. The zero-order valence-corrected chi connectivity index (χ0v) is 16.7. The van der Waals surface area contributed by atoms with Crippen molar-refractivity contribution >= 4 is 17.7 Å². The third-order valence-corrected chi connectivity index (χ3v) is 5.03. The van der Waals surface area contributed by atoms with Gasteiger partial charge < -0.3 is 15.1 Å². The zero-order valence-electron chi connectivity index (χ0n) is 16.7. The summed E-state index contributed by atoms with van der Waals surface area (Å²) in [5, 5.41) is 2.58. The summed E-state index contributed by atoms with van der Waals surface area (Å²) >= 11 is 0. The first-order valence-electron chi connectivity index (χ1n) is 9.79. The quantitative estimate of drug-likeness (QED) is 0.787. The summed E-state index contributed by atoms with van der Waals surface area (Å²) in [6.45, 7) is 0.445. The van der Waals surface area contributed by atoms with Crippen LogP contribution in [0.15, 0.2) is 54.6 Å². The van der Waals surface area contributed by atoms with Gasteiger partial charge in [-0.05, 0) is 17.7 Å². The summed E-state index contributed by atoms with van der Waals surface area (Å²) < 4.78 is 39.5. The van der Waals surface area contributed by atoms with E-state index in [4.69, 9.17) is 0 Å². The van der Waals surface area contributed by atoms with Crippen LogP contribution in [0.25, 0.3) is 0 Å². The Labute approximate surface area is 177 Å². The second-order valence-corrected chi connectivity index (χ2v) is 7.16. The lowest BCUT2D eigenvalue weighted by Crippen LogP contribution is -2.52. The molecule has 31 heavy (non-hydrogen) atoms. The molecule has 3 amide bonds. The number of carbonyl (C=O) groups excluding carboxylic acids is 3. The van der Waals surface area contributed by atoms with Crippen molar-refractivity contribution in [1.29, 1.82) is 0 Å². The van der Waals surface area contributed by atoms with Gasteiger partial charge >= 0.3 is 6.18 Å². The normalized spacial score (nSPS) is 14.3. The van der Waals surface area contributed by atoms with Crippen LogP contribution in [0.1, 0.15) is 21.5 Å². The van der Waals surface area contributed by atoms with Crippen molar-refractivity contribution in [1.82, 2.24) is 15.1 Å². The highest BCUT2D eigenvalue weighted by Gasteiger charge is 2.36. The van der Waals surface area contributed by atoms with Crippen LogP contribution < -0.4 is 5.32 Å². The van der Waals surface area contributed by atoms with Crippen LogP contribution in [0.3, 0.4) is 0 Å². The zero-order chi connectivity index (χ0) is 22.4. The molecule has 0 radical (unpaired) electrons. The molecular formula is C22H22F3N3O3. The molecule has 2 aromatic carbocycles. The van der Waals surface area contributed by atoms with Gasteiger partial charge in [-0.15, -0.1) is 0 Å². The Morgan fingerprint density at radius 3 is 2.06 bits per heavy atom. The SMILES string of the molecule is O=C(Cc1ccccc1)NCC(=O)N1CCN(C(=O)c2ccccc2C(F)(F)F)CC1. The molecule has 3 rings (SSSR count). The van der Waals surface area contributed by atoms with Gasteiger partial charge in [-0.2, -0.15) is 13.2 Å². The first-order valence-corrected chi connectivity index (χ1v) is 9.79. The highest BCUT2D eigenvalue weighted by molar-refractivity contribution is 5.96. The first-order chi connectivity index (χ1) is 14.8. The minimum Gasteiger partial charge on any atom is -0.347 e. The van der Waals surface area contributed by atoms with E-state index in [1.54, 1.807) is 0 Å². The van der Waals surface area contributed by atoms with Gasteiger partial charge in [0, 0.05) is 26.2 Å². The Morgan fingerprint density at radius 1 is 0.839 bits per heavy atom. The molecule has 0 bridgehead atoms. The number of nitrogens with one attached hydrogen (secondary N) is 1. The number of hydrogen-bond donors (Lipinski definition) is 1. The Balaban J connectivity index is 1.50. The van der Waals surface area contributed by atoms with Gasteiger partial charge in [-0.3, -0.25) is 14.4 Å². The van der Waals surface area contributed by atoms with Crippen LogP contribution in [0, 0.1) is 0 Å². The molecule has 9 heteroatoms. The Bertz CT molecular complexity index is 940. The highest BCUT2D eigenvalue weighted by Crippen LogP contribution is 2.32. The van der Waals surface area contributed by atoms with E-state index in [9.17, 15) is 27.6 Å². The van der Waals surface area contributed by atoms with E-state index in [0.717, 1.165) is 17.7 Å². The lowest BCUT2D eigenvalue weighted by molar-refractivity contribution is -0.138. The predicted molar refractivity (Wildman–Crippen MR) is 107 cm³/mol. The maximum Gasteiger partial charge on any atom is 0.417 e. The van der Waals surface area contributed by atoms with E-state index in [0.29, 0.717) is 0 Å². The van der Waals surface area contributed by atoms with Gasteiger partial charge in [-0.1, -0.05) is 42.5 Å². The summed E-state index contributed by atoms with van der Waals surface area (Å²) in [5.41, 5.74) is -0.540. The summed E-state index contributed by atoms with van der Waals surface area (Å²) in [7, 11) is 0. The molecule has 6 nitrogen and oxygen atoms in total. The topological polar surface area (TPSA) is 69.7 Å². The van der Waals surface area contributed by atoms with Crippen LogP contribution in [-0.2, 0) is 22.2 Å². The minimum atomic E-state index is -4.62. The van der Waals surface area contributed by atoms with Gasteiger partial charge in [0.1, 0.15) is 0 Å². The Kier molecular flexibility index (Phi) is 6.94. The van der Waals surface area contributed by atoms with Crippen molar-refractivity contribution < 1.29 is 27.6 Å². The van der Waals surface area contributed by atoms with Gasteiger partial charge in [-0.25, -0.2) is 0 Å². The molecule has 0 aromatic heterocycles. The van der Waals surface area contributed by atoms with E-state index >= 15 is 0 Å². The minimum absolute atomic E-state index is 0.120. The summed E-state index contributed by atoms with van der Waals surface area (Å²) in [6.07, 6.45) is -4.46. The third kappa shape index (κ3) is 5.84. The number of piperazine rings is 1. The summed E-state index contributed by atoms with van der Waals surface area (Å²) in [5.74, 6) is -1.29. The molecule has 1 saturated heterocycles.